The largest absolute Gasteiger partial charge is 0.339 e. The first-order valence-electron chi connectivity index (χ1n) is 9.39. The number of piperidine rings is 1. The Morgan fingerprint density at radius 2 is 2.29 bits per heavy atom. The molecule has 0 bridgehead atoms. The third-order valence-electron chi connectivity index (χ3n) is 4.80. The highest BCUT2D eigenvalue weighted by Crippen LogP contribution is 2.22. The van der Waals surface area contributed by atoms with Crippen LogP contribution in [0.1, 0.15) is 24.3 Å². The van der Waals surface area contributed by atoms with Gasteiger partial charge in [-0.1, -0.05) is 17.3 Å². The zero-order valence-electron chi connectivity index (χ0n) is 15.7. The number of carbonyl (C=O) groups excluding carboxylic acids is 1. The topological polar surface area (TPSA) is 97.0 Å². The molecule has 1 aromatic carbocycles. The smallest absolute Gasteiger partial charge is 0.321 e. The van der Waals surface area contributed by atoms with Crippen LogP contribution in [0, 0.1) is 12.8 Å². The van der Waals surface area contributed by atoms with Gasteiger partial charge in [0.15, 0.2) is 0 Å². The molecule has 28 heavy (non-hydrogen) atoms. The van der Waals surface area contributed by atoms with E-state index in [0.717, 1.165) is 30.6 Å². The van der Waals surface area contributed by atoms with Gasteiger partial charge in [-0.25, -0.2) is 9.78 Å². The molecule has 1 atom stereocenters. The predicted molar refractivity (Wildman–Crippen MR) is 104 cm³/mol. The van der Waals surface area contributed by atoms with Crippen LogP contribution < -0.4 is 5.32 Å². The van der Waals surface area contributed by atoms with Crippen molar-refractivity contribution in [3.05, 3.63) is 54.3 Å². The first-order valence-corrected chi connectivity index (χ1v) is 9.39. The molecular weight excluding hydrogens is 356 g/mol. The van der Waals surface area contributed by atoms with Crippen molar-refractivity contribution in [2.24, 2.45) is 5.92 Å². The van der Waals surface area contributed by atoms with E-state index < -0.39 is 0 Å². The van der Waals surface area contributed by atoms with Crippen molar-refractivity contribution in [1.82, 2.24) is 25.0 Å². The van der Waals surface area contributed by atoms with Crippen molar-refractivity contribution in [2.75, 3.05) is 18.4 Å². The monoisotopic (exact) mass is 378 g/mol. The van der Waals surface area contributed by atoms with Crippen LogP contribution >= 0.6 is 0 Å². The molecule has 2 amide bonds. The van der Waals surface area contributed by atoms with Crippen molar-refractivity contribution in [1.29, 1.82) is 0 Å². The SMILES string of the molecule is Cc1cccc(NC(=O)N2CCCC(Cc3nc(-c4cnccn4)no3)C2)c1. The van der Waals surface area contributed by atoms with Gasteiger partial charge in [0.2, 0.25) is 11.7 Å². The van der Waals surface area contributed by atoms with Gasteiger partial charge in [-0.15, -0.1) is 0 Å². The van der Waals surface area contributed by atoms with Gasteiger partial charge >= 0.3 is 6.03 Å². The second-order valence-corrected chi connectivity index (χ2v) is 7.06. The number of likely N-dealkylation sites (tertiary alicyclic amines) is 1. The normalized spacial score (nSPS) is 16.8. The Morgan fingerprint density at radius 3 is 3.11 bits per heavy atom. The Bertz CT molecular complexity index is 943. The van der Waals surface area contributed by atoms with Crippen LogP contribution in [0.4, 0.5) is 10.5 Å². The number of aryl methyl sites for hydroxylation is 1. The first kappa shape index (κ1) is 18.1. The lowest BCUT2D eigenvalue weighted by atomic mass is 9.95. The summed E-state index contributed by atoms with van der Waals surface area (Å²) in [6, 6.07) is 7.74. The Hall–Kier alpha value is -3.29. The highest BCUT2D eigenvalue weighted by atomic mass is 16.5. The number of anilines is 1. The average molecular weight is 378 g/mol. The van der Waals surface area contributed by atoms with E-state index in [1.807, 2.05) is 36.1 Å². The maximum Gasteiger partial charge on any atom is 0.321 e. The molecule has 3 heterocycles. The molecule has 1 saturated heterocycles. The van der Waals surface area contributed by atoms with E-state index in [2.05, 4.69) is 25.4 Å². The van der Waals surface area contributed by atoms with E-state index in [9.17, 15) is 4.79 Å². The number of carbonyl (C=O) groups is 1. The molecule has 1 unspecified atom stereocenters. The fraction of sp³-hybridized carbons (Fsp3) is 0.350. The summed E-state index contributed by atoms with van der Waals surface area (Å²) in [6.45, 7) is 3.43. The number of hydrogen-bond donors (Lipinski definition) is 1. The Kier molecular flexibility index (Phi) is 5.27. The maximum absolute atomic E-state index is 12.6. The molecule has 4 rings (SSSR count). The number of rotatable bonds is 4. The number of hydrogen-bond acceptors (Lipinski definition) is 6. The molecule has 0 saturated carbocycles. The third kappa shape index (κ3) is 4.33. The fourth-order valence-corrected chi connectivity index (χ4v) is 3.44. The molecule has 1 aliphatic rings. The van der Waals surface area contributed by atoms with Crippen LogP contribution in [0.25, 0.3) is 11.5 Å². The van der Waals surface area contributed by atoms with Crippen molar-refractivity contribution in [3.63, 3.8) is 0 Å². The molecule has 1 N–H and O–H groups in total. The van der Waals surface area contributed by atoms with Crippen LogP contribution in [-0.2, 0) is 6.42 Å². The summed E-state index contributed by atoms with van der Waals surface area (Å²) in [6.07, 6.45) is 7.42. The summed E-state index contributed by atoms with van der Waals surface area (Å²) >= 11 is 0. The second-order valence-electron chi connectivity index (χ2n) is 7.06. The quantitative estimate of drug-likeness (QED) is 0.748. The molecule has 0 aliphatic carbocycles. The van der Waals surface area contributed by atoms with E-state index in [1.54, 1.807) is 18.6 Å². The van der Waals surface area contributed by atoms with Gasteiger partial charge in [0.25, 0.3) is 0 Å². The number of aromatic nitrogens is 4. The minimum absolute atomic E-state index is 0.0684. The lowest BCUT2D eigenvalue weighted by molar-refractivity contribution is 0.173. The second kappa shape index (κ2) is 8.16. The number of benzene rings is 1. The molecule has 1 fully saturated rings. The van der Waals surface area contributed by atoms with Gasteiger partial charge in [-0.05, 0) is 43.4 Å². The number of amides is 2. The Labute approximate surface area is 163 Å². The maximum atomic E-state index is 12.6. The average Bonchev–Trinajstić information content (AvgIpc) is 3.17. The Balaban J connectivity index is 1.36. The van der Waals surface area contributed by atoms with Crippen molar-refractivity contribution < 1.29 is 9.32 Å². The van der Waals surface area contributed by atoms with Crippen LogP contribution in [0.3, 0.4) is 0 Å². The van der Waals surface area contributed by atoms with Crippen molar-refractivity contribution in [2.45, 2.75) is 26.2 Å². The van der Waals surface area contributed by atoms with Crippen LogP contribution in [0.2, 0.25) is 0 Å². The van der Waals surface area contributed by atoms with Gasteiger partial charge in [0, 0.05) is 37.6 Å². The summed E-state index contributed by atoms with van der Waals surface area (Å²) in [5, 5.41) is 6.97. The van der Waals surface area contributed by atoms with Gasteiger partial charge in [0.1, 0.15) is 5.69 Å². The van der Waals surface area contributed by atoms with Gasteiger partial charge < -0.3 is 14.7 Å². The van der Waals surface area contributed by atoms with Crippen molar-refractivity contribution in [3.8, 4) is 11.5 Å². The molecule has 3 aromatic rings. The highest BCUT2D eigenvalue weighted by Gasteiger charge is 2.25. The molecule has 1 aliphatic heterocycles. The first-order chi connectivity index (χ1) is 13.7. The third-order valence-corrected chi connectivity index (χ3v) is 4.80. The number of nitrogens with zero attached hydrogens (tertiary/aromatic N) is 5. The summed E-state index contributed by atoms with van der Waals surface area (Å²) < 4.78 is 5.38. The van der Waals surface area contributed by atoms with Crippen LogP contribution in [0.5, 0.6) is 0 Å². The van der Waals surface area contributed by atoms with E-state index in [4.69, 9.17) is 4.52 Å². The highest BCUT2D eigenvalue weighted by molar-refractivity contribution is 5.89. The van der Waals surface area contributed by atoms with E-state index in [0.29, 0.717) is 30.4 Å². The zero-order chi connectivity index (χ0) is 19.3. The van der Waals surface area contributed by atoms with E-state index in [1.165, 1.54) is 0 Å². The minimum Gasteiger partial charge on any atom is -0.339 e. The molecule has 0 spiro atoms. The molecule has 144 valence electrons. The van der Waals surface area contributed by atoms with E-state index >= 15 is 0 Å². The molecule has 8 heteroatoms. The van der Waals surface area contributed by atoms with Crippen LogP contribution in [0.15, 0.2) is 47.4 Å². The molecule has 0 radical (unpaired) electrons. The molecular formula is C20H22N6O2. The number of nitrogens with one attached hydrogen (secondary N) is 1. The minimum atomic E-state index is -0.0684. The standard InChI is InChI=1S/C20H22N6O2/c1-14-4-2-6-16(10-14)23-20(27)26-9-3-5-15(13-26)11-18-24-19(25-28-18)17-12-21-7-8-22-17/h2,4,6-8,10,12,15H,3,5,9,11,13H2,1H3,(H,23,27). The molecule has 8 nitrogen and oxygen atoms in total. The Morgan fingerprint density at radius 1 is 1.36 bits per heavy atom. The van der Waals surface area contributed by atoms with E-state index in [-0.39, 0.29) is 11.9 Å². The predicted octanol–water partition coefficient (Wildman–Crippen LogP) is 3.32. The summed E-state index contributed by atoms with van der Waals surface area (Å²) in [5.41, 5.74) is 2.52. The zero-order valence-corrected chi connectivity index (χ0v) is 15.7. The van der Waals surface area contributed by atoms with Gasteiger partial charge in [0.05, 0.1) is 6.20 Å². The molecule has 2 aromatic heterocycles. The summed E-state index contributed by atoms with van der Waals surface area (Å²) in [5.74, 6) is 1.28. The summed E-state index contributed by atoms with van der Waals surface area (Å²) in [7, 11) is 0. The lowest BCUT2D eigenvalue weighted by Gasteiger charge is -2.32. The number of urea groups is 1. The van der Waals surface area contributed by atoms with Gasteiger partial charge in [-0.3, -0.25) is 4.98 Å². The van der Waals surface area contributed by atoms with Crippen molar-refractivity contribution >= 4 is 11.7 Å². The van der Waals surface area contributed by atoms with Crippen LogP contribution in [-0.4, -0.2) is 44.1 Å². The van der Waals surface area contributed by atoms with Gasteiger partial charge in [-0.2, -0.15) is 4.98 Å². The summed E-state index contributed by atoms with van der Waals surface area (Å²) in [4.78, 5) is 27.1. The fourth-order valence-electron chi connectivity index (χ4n) is 3.44. The lowest BCUT2D eigenvalue weighted by Crippen LogP contribution is -2.42.